The fourth-order valence-electron chi connectivity index (χ4n) is 0.411. The zero-order valence-corrected chi connectivity index (χ0v) is 3.48. The van der Waals surface area contributed by atoms with Gasteiger partial charge in [-0.3, -0.25) is 5.32 Å². The van der Waals surface area contributed by atoms with Crippen molar-refractivity contribution >= 4 is 0 Å². The van der Waals surface area contributed by atoms with Gasteiger partial charge in [0.05, 0.1) is 19.5 Å². The van der Waals surface area contributed by atoms with Crippen LogP contribution in [0.1, 0.15) is 0 Å². The van der Waals surface area contributed by atoms with Crippen molar-refractivity contribution in [3.63, 3.8) is 0 Å². The van der Waals surface area contributed by atoms with Crippen molar-refractivity contribution in [2.75, 3.05) is 13.3 Å². The molecule has 0 amide bonds. The fraction of sp³-hybridized carbons (Fsp3) is 1.00. The molecule has 1 saturated heterocycles. The van der Waals surface area contributed by atoms with Crippen LogP contribution in [-0.4, -0.2) is 19.5 Å². The summed E-state index contributed by atoms with van der Waals surface area (Å²) in [5, 5.41) is 2.88. The van der Waals surface area contributed by atoms with Crippen molar-refractivity contribution in [2.24, 2.45) is 5.73 Å². The smallest absolute Gasteiger partial charge is 0.0979 e. The second-order valence-corrected chi connectivity index (χ2v) is 1.33. The van der Waals surface area contributed by atoms with Gasteiger partial charge in [0.1, 0.15) is 0 Å². The van der Waals surface area contributed by atoms with Crippen LogP contribution >= 0.6 is 0 Å². The lowest BCUT2D eigenvalue weighted by atomic mass is 10.6. The maximum atomic E-state index is 5.30. The van der Waals surface area contributed by atoms with Crippen LogP contribution in [0.5, 0.6) is 0 Å². The first-order chi connectivity index (χ1) is 2.89. The minimum atomic E-state index is 0.0741. The maximum absolute atomic E-state index is 5.30. The largest absolute Gasteiger partial charge is 0.363 e. The number of hydrogen-bond donors (Lipinski definition) is 2. The van der Waals surface area contributed by atoms with Crippen molar-refractivity contribution < 1.29 is 4.74 Å². The van der Waals surface area contributed by atoms with Gasteiger partial charge in [-0.2, -0.15) is 0 Å². The van der Waals surface area contributed by atoms with Crippen molar-refractivity contribution in [3.05, 3.63) is 0 Å². The predicted octanol–water partition coefficient (Wildman–Crippen LogP) is -1.15. The molecule has 3 heteroatoms. The van der Waals surface area contributed by atoms with Crippen LogP contribution in [0.3, 0.4) is 0 Å². The third kappa shape index (κ3) is 0.680. The molecular weight excluding hydrogens is 80.0 g/mol. The van der Waals surface area contributed by atoms with E-state index in [9.17, 15) is 0 Å². The summed E-state index contributed by atoms with van der Waals surface area (Å²) >= 11 is 0. The Labute approximate surface area is 36.5 Å². The van der Waals surface area contributed by atoms with Crippen molar-refractivity contribution in [2.45, 2.75) is 6.17 Å². The van der Waals surface area contributed by atoms with E-state index in [0.29, 0.717) is 13.3 Å². The van der Waals surface area contributed by atoms with Crippen LogP contribution in [0.15, 0.2) is 0 Å². The minimum Gasteiger partial charge on any atom is -0.363 e. The zero-order valence-electron chi connectivity index (χ0n) is 3.48. The van der Waals surface area contributed by atoms with Gasteiger partial charge in [-0.05, 0) is 0 Å². The lowest BCUT2D eigenvalue weighted by Crippen LogP contribution is -2.32. The maximum Gasteiger partial charge on any atom is 0.0979 e. The van der Waals surface area contributed by atoms with E-state index in [0.717, 1.165) is 0 Å². The minimum absolute atomic E-state index is 0.0741. The molecular formula is C3H8N2O. The van der Waals surface area contributed by atoms with Gasteiger partial charge >= 0.3 is 0 Å². The van der Waals surface area contributed by atoms with Gasteiger partial charge in [0, 0.05) is 0 Å². The summed E-state index contributed by atoms with van der Waals surface area (Å²) in [5.74, 6) is 0. The van der Waals surface area contributed by atoms with E-state index in [1.165, 1.54) is 0 Å². The summed E-state index contributed by atoms with van der Waals surface area (Å²) in [7, 11) is 0. The summed E-state index contributed by atoms with van der Waals surface area (Å²) in [5.41, 5.74) is 5.30. The van der Waals surface area contributed by atoms with Crippen LogP contribution in [0.25, 0.3) is 0 Å². The Kier molecular flexibility index (Phi) is 1.05. The Morgan fingerprint density at radius 3 is 2.83 bits per heavy atom. The number of nitrogens with one attached hydrogen (secondary N) is 1. The molecule has 1 aliphatic rings. The van der Waals surface area contributed by atoms with E-state index < -0.39 is 0 Å². The Bertz CT molecular complexity index is 42.1. The standard InChI is InChI=1S/C3H8N2O/c4-3-1-6-2-5-3/h3,5H,1-2,4H2/t3-/m0/s1. The highest BCUT2D eigenvalue weighted by molar-refractivity contribution is 4.58. The molecule has 0 aliphatic carbocycles. The molecule has 0 aromatic heterocycles. The van der Waals surface area contributed by atoms with Crippen LogP contribution in [0, 0.1) is 0 Å². The molecule has 0 saturated carbocycles. The highest BCUT2D eigenvalue weighted by atomic mass is 16.5. The molecule has 0 aromatic rings. The average Bonchev–Trinajstić information content (AvgIpc) is 1.86. The van der Waals surface area contributed by atoms with E-state index in [2.05, 4.69) is 5.32 Å². The first kappa shape index (κ1) is 4.05. The first-order valence-corrected chi connectivity index (χ1v) is 1.96. The second-order valence-electron chi connectivity index (χ2n) is 1.33. The van der Waals surface area contributed by atoms with E-state index in [-0.39, 0.29) is 6.17 Å². The number of nitrogens with two attached hydrogens (primary N) is 1. The number of rotatable bonds is 0. The van der Waals surface area contributed by atoms with Gasteiger partial charge < -0.3 is 10.5 Å². The summed E-state index contributed by atoms with van der Waals surface area (Å²) in [6.45, 7) is 1.27. The summed E-state index contributed by atoms with van der Waals surface area (Å²) < 4.78 is 4.82. The molecule has 1 aliphatic heterocycles. The molecule has 1 atom stereocenters. The normalized spacial score (nSPS) is 34.5. The zero-order chi connectivity index (χ0) is 4.41. The summed E-state index contributed by atoms with van der Waals surface area (Å²) in [6.07, 6.45) is 0.0741. The van der Waals surface area contributed by atoms with Gasteiger partial charge in [-0.15, -0.1) is 0 Å². The van der Waals surface area contributed by atoms with Crippen molar-refractivity contribution in [1.29, 1.82) is 0 Å². The second kappa shape index (κ2) is 1.55. The average molecular weight is 88.1 g/mol. The van der Waals surface area contributed by atoms with E-state index in [4.69, 9.17) is 10.5 Å². The van der Waals surface area contributed by atoms with Crippen LogP contribution in [0.2, 0.25) is 0 Å². The third-order valence-corrected chi connectivity index (χ3v) is 0.745. The van der Waals surface area contributed by atoms with Crippen molar-refractivity contribution in [3.8, 4) is 0 Å². The van der Waals surface area contributed by atoms with Crippen LogP contribution in [-0.2, 0) is 4.74 Å². The molecule has 0 aromatic carbocycles. The van der Waals surface area contributed by atoms with Crippen molar-refractivity contribution in [1.82, 2.24) is 5.32 Å². The predicted molar refractivity (Wildman–Crippen MR) is 21.9 cm³/mol. The first-order valence-electron chi connectivity index (χ1n) is 1.96. The molecule has 3 N–H and O–H groups in total. The lowest BCUT2D eigenvalue weighted by Gasteiger charge is -1.92. The molecule has 1 fully saturated rings. The van der Waals surface area contributed by atoms with Crippen LogP contribution < -0.4 is 11.1 Å². The number of hydrogen-bond acceptors (Lipinski definition) is 3. The highest BCUT2D eigenvalue weighted by Crippen LogP contribution is 1.82. The molecule has 6 heavy (non-hydrogen) atoms. The summed E-state index contributed by atoms with van der Waals surface area (Å²) in [6, 6.07) is 0. The molecule has 0 spiro atoms. The quantitative estimate of drug-likeness (QED) is 0.393. The van der Waals surface area contributed by atoms with E-state index in [1.807, 2.05) is 0 Å². The van der Waals surface area contributed by atoms with Crippen LogP contribution in [0.4, 0.5) is 0 Å². The monoisotopic (exact) mass is 88.1 g/mol. The third-order valence-electron chi connectivity index (χ3n) is 0.745. The highest BCUT2D eigenvalue weighted by Gasteiger charge is 2.06. The number of ether oxygens (including phenoxy) is 1. The lowest BCUT2D eigenvalue weighted by molar-refractivity contribution is 0.190. The Morgan fingerprint density at radius 2 is 2.67 bits per heavy atom. The SMILES string of the molecule is N[C@@H]1COCN1. The Balaban J connectivity index is 2.18. The molecule has 36 valence electrons. The van der Waals surface area contributed by atoms with Gasteiger partial charge in [-0.25, -0.2) is 0 Å². The van der Waals surface area contributed by atoms with Gasteiger partial charge in [0.2, 0.25) is 0 Å². The fourth-order valence-corrected chi connectivity index (χ4v) is 0.411. The Morgan fingerprint density at radius 1 is 1.83 bits per heavy atom. The summed E-state index contributed by atoms with van der Waals surface area (Å²) in [4.78, 5) is 0. The molecule has 0 radical (unpaired) electrons. The molecule has 1 heterocycles. The topological polar surface area (TPSA) is 47.3 Å². The van der Waals surface area contributed by atoms with Gasteiger partial charge in [-0.1, -0.05) is 0 Å². The molecule has 3 nitrogen and oxygen atoms in total. The molecule has 0 unspecified atom stereocenters. The molecule has 1 rings (SSSR count). The van der Waals surface area contributed by atoms with E-state index in [1.54, 1.807) is 0 Å². The Hall–Kier alpha value is -0.120. The molecule has 0 bridgehead atoms. The van der Waals surface area contributed by atoms with Gasteiger partial charge in [0.25, 0.3) is 0 Å². The van der Waals surface area contributed by atoms with E-state index >= 15 is 0 Å². The van der Waals surface area contributed by atoms with Gasteiger partial charge in [0.15, 0.2) is 0 Å².